The van der Waals surface area contributed by atoms with Gasteiger partial charge in [-0.05, 0) is 18.8 Å². The van der Waals surface area contributed by atoms with Crippen molar-refractivity contribution in [2.75, 3.05) is 12.9 Å². The number of rotatable bonds is 4. The molecule has 1 fully saturated rings. The maximum absolute atomic E-state index is 11.5. The maximum Gasteiger partial charge on any atom is 0.324 e. The summed E-state index contributed by atoms with van der Waals surface area (Å²) in [6.45, 7) is 1.55. The van der Waals surface area contributed by atoms with E-state index in [1.54, 1.807) is 6.92 Å². The van der Waals surface area contributed by atoms with Crippen LogP contribution in [0.3, 0.4) is 0 Å². The molecule has 0 radical (unpaired) electrons. The summed E-state index contributed by atoms with van der Waals surface area (Å²) >= 11 is 0. The van der Waals surface area contributed by atoms with E-state index in [0.29, 0.717) is 0 Å². The second kappa shape index (κ2) is 3.65. The number of carbonyl (C=O) groups excluding carboxylic acids is 1. The Balaban J connectivity index is 2.85. The lowest BCUT2D eigenvalue weighted by molar-refractivity contribution is -0.140. The first-order chi connectivity index (χ1) is 6.03. The van der Waals surface area contributed by atoms with Gasteiger partial charge < -0.3 is 4.74 Å². The first-order valence-electron chi connectivity index (χ1n) is 4.32. The average Bonchev–Trinajstić information content (AvgIpc) is 2.88. The van der Waals surface area contributed by atoms with Crippen LogP contribution in [0.4, 0.5) is 0 Å². The van der Waals surface area contributed by atoms with Crippen LogP contribution in [-0.4, -0.2) is 32.5 Å². The lowest BCUT2D eigenvalue weighted by Crippen LogP contribution is -2.34. The van der Waals surface area contributed by atoms with Gasteiger partial charge in [-0.1, -0.05) is 6.92 Å². The number of hydrogen-bond acceptors (Lipinski definition) is 4. The number of hydrogen-bond donors (Lipinski definition) is 0. The van der Waals surface area contributed by atoms with E-state index in [2.05, 4.69) is 4.74 Å². The van der Waals surface area contributed by atoms with Crippen LogP contribution in [0.5, 0.6) is 0 Å². The van der Waals surface area contributed by atoms with Crippen LogP contribution in [0.1, 0.15) is 19.8 Å². The highest BCUT2D eigenvalue weighted by Gasteiger charge is 2.44. The molecule has 1 unspecified atom stereocenters. The molecule has 0 N–H and O–H groups in total. The number of ether oxygens (including phenoxy) is 1. The highest BCUT2D eigenvalue weighted by atomic mass is 32.2. The van der Waals surface area contributed by atoms with Crippen LogP contribution >= 0.6 is 0 Å². The Morgan fingerprint density at radius 2 is 2.08 bits per heavy atom. The third-order valence-corrected chi connectivity index (χ3v) is 4.43. The van der Waals surface area contributed by atoms with Crippen molar-refractivity contribution in [2.24, 2.45) is 5.92 Å². The van der Waals surface area contributed by atoms with Gasteiger partial charge in [0.05, 0.1) is 7.11 Å². The Hall–Kier alpha value is -0.580. The molecule has 0 saturated heterocycles. The van der Waals surface area contributed by atoms with Crippen molar-refractivity contribution in [3.05, 3.63) is 0 Å². The van der Waals surface area contributed by atoms with Crippen LogP contribution in [-0.2, 0) is 19.4 Å². The van der Waals surface area contributed by atoms with Crippen molar-refractivity contribution < 1.29 is 17.9 Å². The molecule has 0 aliphatic heterocycles. The third kappa shape index (κ3) is 2.21. The van der Waals surface area contributed by atoms with Gasteiger partial charge in [-0.2, -0.15) is 0 Å². The summed E-state index contributed by atoms with van der Waals surface area (Å²) in [4.78, 5) is 11.2. The molecule has 0 aromatic carbocycles. The average molecular weight is 206 g/mol. The normalized spacial score (nSPS) is 19.5. The Bertz CT molecular complexity index is 289. The Kier molecular flexibility index (Phi) is 2.95. The molecule has 1 aliphatic rings. The molecule has 0 amide bonds. The molecule has 1 aliphatic carbocycles. The van der Waals surface area contributed by atoms with Gasteiger partial charge in [-0.3, -0.25) is 4.79 Å². The quantitative estimate of drug-likeness (QED) is 0.624. The van der Waals surface area contributed by atoms with E-state index in [-0.39, 0.29) is 11.7 Å². The second-order valence-electron chi connectivity index (χ2n) is 3.23. The van der Waals surface area contributed by atoms with Crippen molar-refractivity contribution in [3.8, 4) is 0 Å². The third-order valence-electron chi connectivity index (χ3n) is 2.27. The molecular formula is C8H14O4S. The zero-order valence-corrected chi connectivity index (χ0v) is 8.63. The molecule has 76 valence electrons. The lowest BCUT2D eigenvalue weighted by atomic mass is 10.3. The molecule has 0 spiro atoms. The minimum atomic E-state index is -3.28. The highest BCUT2D eigenvalue weighted by molar-refractivity contribution is 7.92. The van der Waals surface area contributed by atoms with E-state index in [0.717, 1.165) is 12.8 Å². The smallest absolute Gasteiger partial charge is 0.324 e. The Labute approximate surface area is 78.2 Å². The molecule has 0 aromatic heterocycles. The topological polar surface area (TPSA) is 60.4 Å². The van der Waals surface area contributed by atoms with E-state index < -0.39 is 21.1 Å². The molecule has 0 heterocycles. The van der Waals surface area contributed by atoms with Crippen molar-refractivity contribution in [1.29, 1.82) is 0 Å². The number of methoxy groups -OCH3 is 1. The summed E-state index contributed by atoms with van der Waals surface area (Å²) in [6.07, 6.45) is 1.64. The summed E-state index contributed by atoms with van der Waals surface area (Å²) in [5, 5.41) is -0.914. The molecular weight excluding hydrogens is 192 g/mol. The van der Waals surface area contributed by atoms with Crippen molar-refractivity contribution in [1.82, 2.24) is 0 Å². The van der Waals surface area contributed by atoms with Gasteiger partial charge in [0.15, 0.2) is 15.1 Å². The van der Waals surface area contributed by atoms with Crippen molar-refractivity contribution >= 4 is 15.8 Å². The minimum Gasteiger partial charge on any atom is -0.468 e. The molecule has 1 atom stereocenters. The van der Waals surface area contributed by atoms with E-state index in [1.807, 2.05) is 0 Å². The van der Waals surface area contributed by atoms with Gasteiger partial charge >= 0.3 is 5.97 Å². The van der Waals surface area contributed by atoms with Crippen molar-refractivity contribution in [2.45, 2.75) is 25.0 Å². The van der Waals surface area contributed by atoms with Gasteiger partial charge in [0.25, 0.3) is 0 Å². The monoisotopic (exact) mass is 206 g/mol. The molecule has 1 saturated carbocycles. The summed E-state index contributed by atoms with van der Waals surface area (Å²) in [7, 11) is -2.06. The van der Waals surface area contributed by atoms with Gasteiger partial charge in [0, 0.05) is 5.75 Å². The summed E-state index contributed by atoms with van der Waals surface area (Å²) in [6, 6.07) is 0. The fourth-order valence-electron chi connectivity index (χ4n) is 1.33. The minimum absolute atomic E-state index is 0.00241. The standard InChI is InChI=1S/C8H14O4S/c1-3-13(10,11)7(6-4-5-6)8(9)12-2/h6-7H,3-5H2,1-2H3. The molecule has 1 rings (SSSR count). The Morgan fingerprint density at radius 3 is 2.38 bits per heavy atom. The fourth-order valence-corrected chi connectivity index (χ4v) is 2.93. The molecule has 13 heavy (non-hydrogen) atoms. The van der Waals surface area contributed by atoms with Crippen LogP contribution in [0, 0.1) is 5.92 Å². The Morgan fingerprint density at radius 1 is 1.54 bits per heavy atom. The summed E-state index contributed by atoms with van der Waals surface area (Å²) in [5.41, 5.74) is 0. The van der Waals surface area contributed by atoms with Gasteiger partial charge in [-0.25, -0.2) is 8.42 Å². The predicted octanol–water partition coefficient (Wildman–Crippen LogP) is 0.373. The molecule has 5 heteroatoms. The first kappa shape index (κ1) is 10.5. The van der Waals surface area contributed by atoms with Crippen LogP contribution < -0.4 is 0 Å². The zero-order chi connectivity index (χ0) is 10.1. The summed E-state index contributed by atoms with van der Waals surface area (Å²) < 4.78 is 27.4. The number of sulfone groups is 1. The predicted molar refractivity (Wildman–Crippen MR) is 48.0 cm³/mol. The maximum atomic E-state index is 11.5. The van der Waals surface area contributed by atoms with Gasteiger partial charge in [-0.15, -0.1) is 0 Å². The molecule has 4 nitrogen and oxygen atoms in total. The molecule has 0 aromatic rings. The van der Waals surface area contributed by atoms with Crippen LogP contribution in [0.15, 0.2) is 0 Å². The van der Waals surface area contributed by atoms with Crippen molar-refractivity contribution in [3.63, 3.8) is 0 Å². The van der Waals surface area contributed by atoms with E-state index >= 15 is 0 Å². The van der Waals surface area contributed by atoms with Crippen LogP contribution in [0.25, 0.3) is 0 Å². The first-order valence-corrected chi connectivity index (χ1v) is 6.04. The zero-order valence-electron chi connectivity index (χ0n) is 7.82. The highest BCUT2D eigenvalue weighted by Crippen LogP contribution is 2.37. The van der Waals surface area contributed by atoms with Gasteiger partial charge in [0.1, 0.15) is 0 Å². The van der Waals surface area contributed by atoms with E-state index in [9.17, 15) is 13.2 Å². The van der Waals surface area contributed by atoms with Gasteiger partial charge in [0.2, 0.25) is 0 Å². The number of esters is 1. The second-order valence-corrected chi connectivity index (χ2v) is 5.64. The molecule has 0 bridgehead atoms. The number of carbonyl (C=O) groups is 1. The van der Waals surface area contributed by atoms with E-state index in [1.165, 1.54) is 7.11 Å². The van der Waals surface area contributed by atoms with Crippen LogP contribution in [0.2, 0.25) is 0 Å². The largest absolute Gasteiger partial charge is 0.468 e. The van der Waals surface area contributed by atoms with E-state index in [4.69, 9.17) is 0 Å². The fraction of sp³-hybridized carbons (Fsp3) is 0.875. The SMILES string of the molecule is CCS(=O)(=O)C(C(=O)OC)C1CC1. The lowest BCUT2D eigenvalue weighted by Gasteiger charge is -2.12. The summed E-state index contributed by atoms with van der Waals surface area (Å²) in [5.74, 6) is -0.606.